The van der Waals surface area contributed by atoms with E-state index in [1.807, 2.05) is 0 Å². The summed E-state index contributed by atoms with van der Waals surface area (Å²) in [5.74, 6) is -11.2. The SMILES string of the molecule is Fc1cc2c3nc4nc(nc5[n-]c(nc6nc(nc([n-]3)c2cc1F)-c1c(F)ccc(F)c1-6)c1cc(F)c(F)cc51)-c1c(F)ccc(F)c1-4.[Cd+2]. The maximum Gasteiger partial charge on any atom is 2.00 e. The molecule has 4 aromatic carbocycles. The minimum absolute atomic E-state index is 0. The number of hydrogen-bond donors (Lipinski definition) is 0. The number of rotatable bonds is 0. The first-order chi connectivity index (χ1) is 23.0. The molecule has 17 heteroatoms. The Bertz CT molecular complexity index is 2430. The van der Waals surface area contributed by atoms with Crippen LogP contribution in [0.25, 0.3) is 89.7 Å². The van der Waals surface area contributed by atoms with E-state index >= 15 is 17.6 Å². The summed E-state index contributed by atoms with van der Waals surface area (Å²) in [4.78, 5) is 33.8. The second kappa shape index (κ2) is 10.8. The molecule has 0 radical (unpaired) electrons. The average molecular weight is 769 g/mol. The average Bonchev–Trinajstić information content (AvgIpc) is 3.77. The van der Waals surface area contributed by atoms with Gasteiger partial charge in [-0.1, -0.05) is 0 Å². The maximum atomic E-state index is 15.3. The molecule has 0 atom stereocenters. The summed E-state index contributed by atoms with van der Waals surface area (Å²) in [5.41, 5.74) is -3.42. The van der Waals surface area contributed by atoms with Crippen molar-refractivity contribution in [1.82, 2.24) is 39.9 Å². The standard InChI is InChI=1S/C32H8F8N8.Cd/c33-13-1-2-14(34)22-21(13)29-43-25-9-5-17(37)18(38)6-10(9)27(41-25)45-31-23-15(35)3-4-16(36)24(23)32(48-31)46-28-12-8-20(40)19(39)7-11(12)26(42-28)44-30(22)47-29;/h1-8H;/q-2;+2. The summed E-state index contributed by atoms with van der Waals surface area (Å²) in [6, 6.07) is 6.18. The zero-order valence-corrected chi connectivity index (χ0v) is 28.0. The first kappa shape index (κ1) is 30.9. The Morgan fingerprint density at radius 2 is 0.551 bits per heavy atom. The quantitative estimate of drug-likeness (QED) is 0.118. The van der Waals surface area contributed by atoms with Crippen LogP contribution in [0.1, 0.15) is 0 Å². The summed E-state index contributed by atoms with van der Waals surface area (Å²) in [7, 11) is 0. The predicted octanol–water partition coefficient (Wildman–Crippen LogP) is 7.24. The van der Waals surface area contributed by atoms with Gasteiger partial charge in [-0.25, -0.2) is 45.1 Å². The minimum Gasteiger partial charge on any atom is -0.357 e. The third-order valence-corrected chi connectivity index (χ3v) is 7.88. The van der Waals surface area contributed by atoms with Crippen LogP contribution in [0.15, 0.2) is 48.5 Å². The van der Waals surface area contributed by atoms with Crippen LogP contribution in [0.5, 0.6) is 0 Å². The molecule has 2 aliphatic rings. The maximum absolute atomic E-state index is 15.3. The van der Waals surface area contributed by atoms with Crippen LogP contribution in [0.4, 0.5) is 35.1 Å². The van der Waals surface area contributed by atoms with Gasteiger partial charge in [0, 0.05) is 22.6 Å². The molecule has 9 rings (SSSR count). The third kappa shape index (κ3) is 4.52. The first-order valence-corrected chi connectivity index (χ1v) is 13.7. The van der Waals surface area contributed by atoms with E-state index in [1.54, 1.807) is 0 Å². The molecule has 0 saturated heterocycles. The van der Waals surface area contributed by atoms with Crippen LogP contribution in [0, 0.1) is 46.5 Å². The minimum atomic E-state index is -1.31. The molecular weight excluding hydrogens is 761 g/mol. The van der Waals surface area contributed by atoms with Crippen molar-refractivity contribution < 1.29 is 62.4 Å². The van der Waals surface area contributed by atoms with Gasteiger partial charge in [0.25, 0.3) is 0 Å². The van der Waals surface area contributed by atoms with E-state index in [0.717, 1.165) is 48.5 Å². The second-order valence-corrected chi connectivity index (χ2v) is 10.7. The molecule has 0 saturated carbocycles. The number of fused-ring (bicyclic) bond motifs is 20. The van der Waals surface area contributed by atoms with Crippen LogP contribution in [-0.4, -0.2) is 29.9 Å². The molecule has 234 valence electrons. The Balaban J connectivity index is 0.00000348. The monoisotopic (exact) mass is 770 g/mol. The fraction of sp³-hybridized carbons (Fsp3) is 0. The van der Waals surface area contributed by atoms with Gasteiger partial charge in [-0.05, 0) is 70.1 Å². The molecule has 0 amide bonds. The van der Waals surface area contributed by atoms with E-state index in [2.05, 4.69) is 39.9 Å². The number of halogens is 8. The van der Waals surface area contributed by atoms with E-state index in [0.29, 0.717) is 0 Å². The topological polar surface area (TPSA) is 106 Å². The Kier molecular flexibility index (Phi) is 6.82. The molecule has 49 heavy (non-hydrogen) atoms. The van der Waals surface area contributed by atoms with Crippen LogP contribution >= 0.6 is 0 Å². The molecule has 3 aromatic heterocycles. The fourth-order valence-electron chi connectivity index (χ4n) is 5.74. The van der Waals surface area contributed by atoms with E-state index < -0.39 is 92.1 Å². The van der Waals surface area contributed by atoms with E-state index in [4.69, 9.17) is 0 Å². The van der Waals surface area contributed by atoms with Crippen LogP contribution in [0.2, 0.25) is 0 Å². The largest absolute Gasteiger partial charge is 2.00 e. The zero-order valence-electron chi connectivity index (χ0n) is 23.9. The molecule has 8 nitrogen and oxygen atoms in total. The van der Waals surface area contributed by atoms with Crippen molar-refractivity contribution in [3.05, 3.63) is 95.1 Å². The van der Waals surface area contributed by atoms with Crippen molar-refractivity contribution in [1.29, 1.82) is 0 Å². The summed E-state index contributed by atoms with van der Waals surface area (Å²) >= 11 is 0. The zero-order chi connectivity index (χ0) is 33.2. The molecule has 0 spiro atoms. The molecule has 0 fully saturated rings. The fourth-order valence-corrected chi connectivity index (χ4v) is 5.74. The smallest absolute Gasteiger partial charge is 0.357 e. The van der Waals surface area contributed by atoms with Crippen molar-refractivity contribution in [3.63, 3.8) is 0 Å². The number of hydrogen-bond acceptors (Lipinski definition) is 6. The third-order valence-electron chi connectivity index (χ3n) is 7.88. The van der Waals surface area contributed by atoms with E-state index in [-0.39, 0.29) is 71.4 Å². The van der Waals surface area contributed by atoms with Crippen molar-refractivity contribution in [2.75, 3.05) is 0 Å². The Morgan fingerprint density at radius 3 is 0.776 bits per heavy atom. The molecule has 5 heterocycles. The number of benzene rings is 4. The molecular formula is C32H8CdF8N8. The van der Waals surface area contributed by atoms with Gasteiger partial charge in [0.1, 0.15) is 23.3 Å². The van der Waals surface area contributed by atoms with Gasteiger partial charge in [0.15, 0.2) is 23.3 Å². The molecule has 0 N–H and O–H groups in total. The van der Waals surface area contributed by atoms with Crippen LogP contribution < -0.4 is 9.97 Å². The Morgan fingerprint density at radius 1 is 0.327 bits per heavy atom. The van der Waals surface area contributed by atoms with Gasteiger partial charge in [-0.2, -0.15) is 0 Å². The summed E-state index contributed by atoms with van der Waals surface area (Å²) in [6.07, 6.45) is 0. The molecule has 7 aromatic rings. The summed E-state index contributed by atoms with van der Waals surface area (Å²) < 4.78 is 119. The molecule has 0 unspecified atom stereocenters. The summed E-state index contributed by atoms with van der Waals surface area (Å²) in [5, 5.41) is -0.606. The normalized spacial score (nSPS) is 11.9. The van der Waals surface area contributed by atoms with Crippen LogP contribution in [-0.2, 0) is 27.3 Å². The Hall–Kier alpha value is -5.40. The predicted molar refractivity (Wildman–Crippen MR) is 154 cm³/mol. The van der Waals surface area contributed by atoms with Crippen molar-refractivity contribution in [3.8, 4) is 45.6 Å². The molecule has 2 aliphatic heterocycles. The van der Waals surface area contributed by atoms with Gasteiger partial charge in [0.2, 0.25) is 0 Å². The second-order valence-electron chi connectivity index (χ2n) is 10.7. The van der Waals surface area contributed by atoms with Gasteiger partial charge in [-0.3, -0.25) is 0 Å². The van der Waals surface area contributed by atoms with E-state index in [9.17, 15) is 17.6 Å². The van der Waals surface area contributed by atoms with Crippen molar-refractivity contribution in [2.45, 2.75) is 0 Å². The van der Waals surface area contributed by atoms with Crippen molar-refractivity contribution in [2.24, 2.45) is 0 Å². The summed E-state index contributed by atoms with van der Waals surface area (Å²) in [6.45, 7) is 0. The molecule has 0 aliphatic carbocycles. The van der Waals surface area contributed by atoms with Gasteiger partial charge < -0.3 is 29.9 Å². The van der Waals surface area contributed by atoms with Gasteiger partial charge in [-0.15, -0.1) is 0 Å². The van der Waals surface area contributed by atoms with Crippen LogP contribution in [0.3, 0.4) is 0 Å². The molecule has 8 bridgehead atoms. The van der Waals surface area contributed by atoms with E-state index in [1.165, 1.54) is 0 Å². The Labute approximate surface area is 286 Å². The van der Waals surface area contributed by atoms with Gasteiger partial charge in [0.05, 0.1) is 45.6 Å². The van der Waals surface area contributed by atoms with Gasteiger partial charge >= 0.3 is 27.3 Å². The number of nitrogens with zero attached hydrogens (tertiary/aromatic N) is 8. The first-order valence-electron chi connectivity index (χ1n) is 13.7. The van der Waals surface area contributed by atoms with Crippen molar-refractivity contribution >= 4 is 44.1 Å². The number of aromatic nitrogens is 8.